The summed E-state index contributed by atoms with van der Waals surface area (Å²) in [5, 5.41) is 10.7. The van der Waals surface area contributed by atoms with E-state index in [-0.39, 0.29) is 5.88 Å². The van der Waals surface area contributed by atoms with E-state index < -0.39 is 18.4 Å². The van der Waals surface area contributed by atoms with E-state index in [2.05, 4.69) is 5.43 Å². The lowest BCUT2D eigenvalue weighted by Crippen LogP contribution is -2.40. The van der Waals surface area contributed by atoms with Crippen molar-refractivity contribution in [2.75, 3.05) is 6.54 Å². The molecule has 0 aliphatic carbocycles. The fourth-order valence-corrected chi connectivity index (χ4v) is 2.15. The highest BCUT2D eigenvalue weighted by Crippen LogP contribution is 2.29. The van der Waals surface area contributed by atoms with Crippen LogP contribution in [0.1, 0.15) is 33.6 Å². The highest BCUT2D eigenvalue weighted by atomic mass is 35.5. The minimum Gasteiger partial charge on any atom is -0.481 e. The molecule has 2 N–H and O–H groups in total. The number of ether oxygens (including phenoxy) is 1. The number of halogens is 1. The quantitative estimate of drug-likeness (QED) is 0.457. The van der Waals surface area contributed by atoms with Crippen molar-refractivity contribution < 1.29 is 19.4 Å². The Morgan fingerprint density at radius 2 is 2.05 bits per heavy atom. The second kappa shape index (κ2) is 6.47. The first-order chi connectivity index (χ1) is 8.90. The first kappa shape index (κ1) is 15.4. The summed E-state index contributed by atoms with van der Waals surface area (Å²) in [6, 6.07) is 0. The fourth-order valence-electron chi connectivity index (χ4n) is 1.71. The van der Waals surface area contributed by atoms with Crippen LogP contribution in [0.2, 0.25) is 0 Å². The Morgan fingerprint density at radius 1 is 1.42 bits per heavy atom. The van der Waals surface area contributed by atoms with Crippen LogP contribution in [0.3, 0.4) is 0 Å². The molecule has 0 saturated heterocycles. The van der Waals surface area contributed by atoms with Crippen LogP contribution < -0.4 is 5.43 Å². The molecule has 0 radical (unpaired) electrons. The number of carboxylic acids is 1. The molecular formula is C12H17ClN2O4. The van der Waals surface area contributed by atoms with Crippen LogP contribution in [0.5, 0.6) is 0 Å². The lowest BCUT2D eigenvalue weighted by Gasteiger charge is -2.32. The molecule has 0 aromatic carbocycles. The van der Waals surface area contributed by atoms with Crippen molar-refractivity contribution in [2.45, 2.75) is 33.6 Å². The normalized spacial score (nSPS) is 15.5. The van der Waals surface area contributed by atoms with Gasteiger partial charge in [0, 0.05) is 12.1 Å². The van der Waals surface area contributed by atoms with Crippen LogP contribution in [-0.2, 0) is 14.3 Å². The SMILES string of the molecule is CCC1=C(Cl)N(CC)NC(OC(=O)CC(=O)O)=C1C. The van der Waals surface area contributed by atoms with Gasteiger partial charge in [0.05, 0.1) is 0 Å². The summed E-state index contributed by atoms with van der Waals surface area (Å²) in [6.07, 6.45) is 0.00627. The number of carboxylic acid groups (broad SMARTS) is 1. The minimum absolute atomic E-state index is 0.231. The number of esters is 1. The maximum Gasteiger partial charge on any atom is 0.323 e. The molecule has 106 valence electrons. The molecular weight excluding hydrogens is 272 g/mol. The first-order valence-corrected chi connectivity index (χ1v) is 6.35. The van der Waals surface area contributed by atoms with Crippen LogP contribution in [-0.4, -0.2) is 28.6 Å². The Hall–Kier alpha value is -1.69. The number of carbonyl (C=O) groups excluding carboxylic acids is 1. The molecule has 0 saturated carbocycles. The Labute approximate surface area is 116 Å². The monoisotopic (exact) mass is 288 g/mol. The third-order valence-corrected chi connectivity index (χ3v) is 3.13. The maximum atomic E-state index is 11.4. The molecule has 1 aliphatic rings. The molecule has 0 amide bonds. The molecule has 0 atom stereocenters. The number of hydrazine groups is 1. The second-order valence-corrected chi connectivity index (χ2v) is 4.34. The number of hydrogen-bond donors (Lipinski definition) is 2. The van der Waals surface area contributed by atoms with Gasteiger partial charge in [0.1, 0.15) is 11.6 Å². The molecule has 19 heavy (non-hydrogen) atoms. The van der Waals surface area contributed by atoms with Gasteiger partial charge in [-0.2, -0.15) is 0 Å². The van der Waals surface area contributed by atoms with Crippen molar-refractivity contribution >= 4 is 23.5 Å². The topological polar surface area (TPSA) is 78.9 Å². The van der Waals surface area contributed by atoms with Gasteiger partial charge in [0.25, 0.3) is 0 Å². The second-order valence-electron chi connectivity index (χ2n) is 3.98. The molecule has 0 aromatic heterocycles. The molecule has 0 aromatic rings. The van der Waals surface area contributed by atoms with Crippen LogP contribution in [0.25, 0.3) is 0 Å². The van der Waals surface area contributed by atoms with E-state index in [4.69, 9.17) is 21.4 Å². The van der Waals surface area contributed by atoms with Gasteiger partial charge in [-0.1, -0.05) is 18.5 Å². The van der Waals surface area contributed by atoms with Gasteiger partial charge in [-0.05, 0) is 25.8 Å². The van der Waals surface area contributed by atoms with E-state index in [1.54, 1.807) is 11.9 Å². The number of nitrogens with zero attached hydrogens (tertiary/aromatic N) is 1. The maximum absolute atomic E-state index is 11.4. The summed E-state index contributed by atoms with van der Waals surface area (Å²) in [5.74, 6) is -1.82. The summed E-state index contributed by atoms with van der Waals surface area (Å²) in [6.45, 7) is 6.18. The van der Waals surface area contributed by atoms with E-state index in [0.717, 1.165) is 5.57 Å². The number of aliphatic carboxylic acids is 1. The van der Waals surface area contributed by atoms with E-state index in [1.807, 2.05) is 13.8 Å². The van der Waals surface area contributed by atoms with Crippen molar-refractivity contribution in [1.82, 2.24) is 10.4 Å². The molecule has 1 heterocycles. The molecule has 6 nitrogen and oxygen atoms in total. The van der Waals surface area contributed by atoms with Crippen LogP contribution in [0.4, 0.5) is 0 Å². The van der Waals surface area contributed by atoms with Gasteiger partial charge in [-0.15, -0.1) is 0 Å². The largest absolute Gasteiger partial charge is 0.481 e. The van der Waals surface area contributed by atoms with Gasteiger partial charge in [-0.25, -0.2) is 0 Å². The molecule has 0 unspecified atom stereocenters. The Balaban J connectivity index is 2.96. The van der Waals surface area contributed by atoms with Gasteiger partial charge in [-0.3, -0.25) is 20.0 Å². The minimum atomic E-state index is -1.23. The molecule has 7 heteroatoms. The molecule has 0 fully saturated rings. The van der Waals surface area contributed by atoms with E-state index >= 15 is 0 Å². The molecule has 0 bridgehead atoms. The standard InChI is InChI=1S/C12H17ClN2O4/c1-4-8-7(3)12(14-15(5-2)11(8)13)19-10(18)6-9(16)17/h14H,4-6H2,1-3H3,(H,16,17). The van der Waals surface area contributed by atoms with Crippen LogP contribution in [0.15, 0.2) is 22.2 Å². The third-order valence-electron chi connectivity index (χ3n) is 2.70. The Morgan fingerprint density at radius 3 is 2.53 bits per heavy atom. The lowest BCUT2D eigenvalue weighted by atomic mass is 10.1. The zero-order chi connectivity index (χ0) is 14.6. The zero-order valence-electron chi connectivity index (χ0n) is 11.1. The average molecular weight is 289 g/mol. The number of hydrogen-bond acceptors (Lipinski definition) is 5. The van der Waals surface area contributed by atoms with E-state index in [9.17, 15) is 9.59 Å². The first-order valence-electron chi connectivity index (χ1n) is 5.97. The Bertz CT molecular complexity index is 457. The average Bonchev–Trinajstić information content (AvgIpc) is 2.32. The summed E-state index contributed by atoms with van der Waals surface area (Å²) < 4.78 is 5.04. The van der Waals surface area contributed by atoms with Crippen molar-refractivity contribution in [3.63, 3.8) is 0 Å². The van der Waals surface area contributed by atoms with Gasteiger partial charge < -0.3 is 9.84 Å². The van der Waals surface area contributed by atoms with Gasteiger partial charge >= 0.3 is 11.9 Å². The Kier molecular flexibility index (Phi) is 5.23. The summed E-state index contributed by atoms with van der Waals surface area (Å²) in [5.41, 5.74) is 4.42. The number of carbonyl (C=O) groups is 2. The predicted octanol–water partition coefficient (Wildman–Crippen LogP) is 1.94. The highest BCUT2D eigenvalue weighted by molar-refractivity contribution is 6.29. The van der Waals surface area contributed by atoms with Crippen molar-refractivity contribution in [3.05, 3.63) is 22.2 Å². The van der Waals surface area contributed by atoms with E-state index in [0.29, 0.717) is 23.7 Å². The van der Waals surface area contributed by atoms with Gasteiger partial charge in [0.15, 0.2) is 0 Å². The van der Waals surface area contributed by atoms with Crippen LogP contribution >= 0.6 is 11.6 Å². The third kappa shape index (κ3) is 3.64. The lowest BCUT2D eigenvalue weighted by molar-refractivity contribution is -0.149. The summed E-state index contributed by atoms with van der Waals surface area (Å²) >= 11 is 6.20. The van der Waals surface area contributed by atoms with Crippen LogP contribution in [0, 0.1) is 0 Å². The molecule has 1 rings (SSSR count). The molecule has 1 aliphatic heterocycles. The van der Waals surface area contributed by atoms with E-state index in [1.165, 1.54) is 0 Å². The number of allylic oxidation sites excluding steroid dienone is 2. The van der Waals surface area contributed by atoms with Crippen molar-refractivity contribution in [1.29, 1.82) is 0 Å². The predicted molar refractivity (Wildman–Crippen MR) is 69.7 cm³/mol. The number of nitrogens with one attached hydrogen (secondary N) is 1. The number of rotatable bonds is 5. The highest BCUT2D eigenvalue weighted by Gasteiger charge is 2.24. The zero-order valence-corrected chi connectivity index (χ0v) is 11.9. The fraction of sp³-hybridized carbons (Fsp3) is 0.500. The van der Waals surface area contributed by atoms with Crippen molar-refractivity contribution in [3.8, 4) is 0 Å². The van der Waals surface area contributed by atoms with Gasteiger partial charge in [0.2, 0.25) is 5.88 Å². The summed E-state index contributed by atoms with van der Waals surface area (Å²) in [7, 11) is 0. The molecule has 0 spiro atoms. The van der Waals surface area contributed by atoms with Crippen molar-refractivity contribution in [2.24, 2.45) is 0 Å². The smallest absolute Gasteiger partial charge is 0.323 e. The summed E-state index contributed by atoms with van der Waals surface area (Å²) in [4.78, 5) is 21.8.